The van der Waals surface area contributed by atoms with Gasteiger partial charge in [0.2, 0.25) is 0 Å². The summed E-state index contributed by atoms with van der Waals surface area (Å²) in [6.07, 6.45) is 1.81. The van der Waals surface area contributed by atoms with Crippen LogP contribution >= 0.6 is 11.3 Å². The van der Waals surface area contributed by atoms with E-state index < -0.39 is 0 Å². The Hall–Kier alpha value is -1.75. The quantitative estimate of drug-likeness (QED) is 0.735. The van der Waals surface area contributed by atoms with Crippen LogP contribution in [0, 0.1) is 6.07 Å². The molecule has 1 aliphatic rings. The Kier molecular flexibility index (Phi) is 4.12. The predicted octanol–water partition coefficient (Wildman–Crippen LogP) is 3.51. The summed E-state index contributed by atoms with van der Waals surface area (Å²) in [6.45, 7) is 5.68. The molecule has 4 heteroatoms. The van der Waals surface area contributed by atoms with Gasteiger partial charge in [0, 0.05) is 49.9 Å². The molecule has 1 fully saturated rings. The lowest BCUT2D eigenvalue weighted by Crippen LogP contribution is -2.43. The zero-order valence-electron chi connectivity index (χ0n) is 13.3. The number of pyridine rings is 1. The highest BCUT2D eigenvalue weighted by Gasteiger charge is 2.14. The van der Waals surface area contributed by atoms with E-state index in [0.717, 1.165) is 42.9 Å². The van der Waals surface area contributed by atoms with Gasteiger partial charge in [-0.05, 0) is 36.4 Å². The van der Waals surface area contributed by atoms with Gasteiger partial charge in [-0.1, -0.05) is 18.2 Å². The molecule has 3 heterocycles. The number of thiophene rings is 1. The van der Waals surface area contributed by atoms with E-state index in [1.807, 2.05) is 12.3 Å². The van der Waals surface area contributed by atoms with Crippen molar-refractivity contribution in [3.8, 4) is 10.4 Å². The Labute approximate surface area is 141 Å². The summed E-state index contributed by atoms with van der Waals surface area (Å²) in [5, 5.41) is 0. The van der Waals surface area contributed by atoms with Gasteiger partial charge in [-0.3, -0.25) is 9.88 Å². The third kappa shape index (κ3) is 3.29. The molecule has 0 amide bonds. The molecule has 1 saturated heterocycles. The minimum Gasteiger partial charge on any atom is -0.304 e. The Bertz CT molecular complexity index is 770. The molecule has 0 spiro atoms. The van der Waals surface area contributed by atoms with Gasteiger partial charge >= 0.3 is 0 Å². The molecule has 3 nitrogen and oxygen atoms in total. The highest BCUT2D eigenvalue weighted by molar-refractivity contribution is 7.22. The lowest BCUT2D eigenvalue weighted by Gasteiger charge is -2.32. The Morgan fingerprint density at radius 1 is 1.17 bits per heavy atom. The molecule has 1 aliphatic heterocycles. The first-order valence-electron chi connectivity index (χ1n) is 8.04. The highest BCUT2D eigenvalue weighted by Crippen LogP contribution is 2.32. The van der Waals surface area contributed by atoms with E-state index in [2.05, 4.69) is 58.2 Å². The molecular weight excluding hydrogens is 302 g/mol. The van der Waals surface area contributed by atoms with E-state index in [0.29, 0.717) is 0 Å². The van der Waals surface area contributed by atoms with Crippen molar-refractivity contribution in [3.63, 3.8) is 0 Å². The third-order valence-electron chi connectivity index (χ3n) is 4.43. The second kappa shape index (κ2) is 6.40. The average molecular weight is 322 g/mol. The maximum Gasteiger partial charge on any atom is 0.0822 e. The first-order valence-corrected chi connectivity index (χ1v) is 8.86. The van der Waals surface area contributed by atoms with Gasteiger partial charge in [0.05, 0.1) is 10.2 Å². The number of hydrogen-bond donors (Lipinski definition) is 0. The molecule has 0 unspecified atom stereocenters. The first kappa shape index (κ1) is 14.8. The average Bonchev–Trinajstić information content (AvgIpc) is 3.01. The van der Waals surface area contributed by atoms with Crippen LogP contribution in [0.2, 0.25) is 0 Å². The van der Waals surface area contributed by atoms with Gasteiger partial charge in [-0.2, -0.15) is 0 Å². The number of rotatable bonds is 3. The molecule has 1 aromatic carbocycles. The van der Waals surface area contributed by atoms with E-state index >= 15 is 0 Å². The minimum atomic E-state index is 1.04. The van der Waals surface area contributed by atoms with Crippen LogP contribution in [0.25, 0.3) is 20.7 Å². The van der Waals surface area contributed by atoms with Crippen LogP contribution in [0.4, 0.5) is 0 Å². The molecule has 0 bridgehead atoms. The smallest absolute Gasteiger partial charge is 0.0822 e. The molecular formula is C19H20N3S. The molecule has 1 radical (unpaired) electrons. The Morgan fingerprint density at radius 3 is 2.87 bits per heavy atom. The van der Waals surface area contributed by atoms with Crippen molar-refractivity contribution in [2.45, 2.75) is 6.54 Å². The summed E-state index contributed by atoms with van der Waals surface area (Å²) >= 11 is 1.77. The Morgan fingerprint density at radius 2 is 2.04 bits per heavy atom. The van der Waals surface area contributed by atoms with Crippen LogP contribution < -0.4 is 0 Å². The SMILES string of the molecule is CN1CCN(Cc2cccc(-c3cc4ncc[c]c4s3)c2)CC1. The predicted molar refractivity (Wildman–Crippen MR) is 96.7 cm³/mol. The summed E-state index contributed by atoms with van der Waals surface area (Å²) in [5.74, 6) is 0. The number of piperazine rings is 1. The van der Waals surface area contributed by atoms with E-state index in [4.69, 9.17) is 0 Å². The number of benzene rings is 1. The van der Waals surface area contributed by atoms with Gasteiger partial charge < -0.3 is 4.90 Å². The summed E-state index contributed by atoms with van der Waals surface area (Å²) in [7, 11) is 2.20. The number of nitrogens with zero attached hydrogens (tertiary/aromatic N) is 3. The lowest BCUT2D eigenvalue weighted by atomic mass is 10.1. The van der Waals surface area contributed by atoms with E-state index in [-0.39, 0.29) is 0 Å². The molecule has 0 atom stereocenters. The first-order chi connectivity index (χ1) is 11.3. The maximum absolute atomic E-state index is 4.42. The van der Waals surface area contributed by atoms with Crippen LogP contribution in [0.5, 0.6) is 0 Å². The van der Waals surface area contributed by atoms with Gasteiger partial charge in [-0.25, -0.2) is 0 Å². The van der Waals surface area contributed by atoms with Crippen molar-refractivity contribution in [1.82, 2.24) is 14.8 Å². The van der Waals surface area contributed by atoms with Crippen LogP contribution in [0.3, 0.4) is 0 Å². The molecule has 0 aliphatic carbocycles. The fourth-order valence-corrected chi connectivity index (χ4v) is 4.02. The van der Waals surface area contributed by atoms with Crippen LogP contribution in [-0.4, -0.2) is 48.0 Å². The minimum absolute atomic E-state index is 1.04. The standard InChI is InChI=1S/C19H20N3S/c1-21-8-10-22(11-9-21)14-15-4-2-5-16(12-15)19-13-17-18(23-19)6-3-7-20-17/h2-5,7,12-13H,8-11,14H2,1H3. The second-order valence-corrected chi connectivity index (χ2v) is 7.25. The van der Waals surface area contributed by atoms with E-state index in [1.165, 1.54) is 16.0 Å². The van der Waals surface area contributed by atoms with Crippen LogP contribution in [-0.2, 0) is 6.54 Å². The summed E-state index contributed by atoms with van der Waals surface area (Å²) < 4.78 is 1.13. The molecule has 3 aromatic rings. The third-order valence-corrected chi connectivity index (χ3v) is 5.53. The van der Waals surface area contributed by atoms with Crippen LogP contribution in [0.15, 0.2) is 42.6 Å². The summed E-state index contributed by atoms with van der Waals surface area (Å²) in [4.78, 5) is 10.6. The number of aromatic nitrogens is 1. The number of fused-ring (bicyclic) bond motifs is 1. The van der Waals surface area contributed by atoms with Crippen molar-refractivity contribution in [3.05, 3.63) is 54.2 Å². The molecule has 0 N–H and O–H groups in total. The van der Waals surface area contributed by atoms with Gasteiger partial charge in [0.25, 0.3) is 0 Å². The van der Waals surface area contributed by atoms with Gasteiger partial charge in [0.1, 0.15) is 0 Å². The van der Waals surface area contributed by atoms with E-state index in [1.54, 1.807) is 11.3 Å². The topological polar surface area (TPSA) is 19.4 Å². The zero-order valence-corrected chi connectivity index (χ0v) is 14.1. The van der Waals surface area contributed by atoms with Crippen LogP contribution in [0.1, 0.15) is 5.56 Å². The van der Waals surface area contributed by atoms with Crippen molar-refractivity contribution in [2.75, 3.05) is 33.2 Å². The molecule has 4 rings (SSSR count). The largest absolute Gasteiger partial charge is 0.304 e. The Balaban J connectivity index is 1.56. The molecule has 23 heavy (non-hydrogen) atoms. The summed E-state index contributed by atoms with van der Waals surface area (Å²) in [6, 6.07) is 16.2. The molecule has 117 valence electrons. The maximum atomic E-state index is 4.42. The molecule has 2 aromatic heterocycles. The fraction of sp³-hybridized carbons (Fsp3) is 0.316. The highest BCUT2D eigenvalue weighted by atomic mass is 32.1. The lowest BCUT2D eigenvalue weighted by molar-refractivity contribution is 0.148. The number of likely N-dealkylation sites (N-methyl/N-ethyl adjacent to an activating group) is 1. The van der Waals surface area contributed by atoms with Crippen molar-refractivity contribution in [1.29, 1.82) is 0 Å². The van der Waals surface area contributed by atoms with Gasteiger partial charge in [-0.15, -0.1) is 11.3 Å². The van der Waals surface area contributed by atoms with Crippen molar-refractivity contribution in [2.24, 2.45) is 0 Å². The monoisotopic (exact) mass is 322 g/mol. The summed E-state index contributed by atoms with van der Waals surface area (Å²) in [5.41, 5.74) is 3.71. The van der Waals surface area contributed by atoms with E-state index in [9.17, 15) is 0 Å². The normalized spacial score (nSPS) is 16.9. The molecule has 0 saturated carbocycles. The number of hydrogen-bond acceptors (Lipinski definition) is 4. The van der Waals surface area contributed by atoms with Gasteiger partial charge in [0.15, 0.2) is 0 Å². The van der Waals surface area contributed by atoms with Crippen molar-refractivity contribution < 1.29 is 0 Å². The fourth-order valence-electron chi connectivity index (χ4n) is 3.04. The zero-order chi connectivity index (χ0) is 15.6. The second-order valence-electron chi connectivity index (χ2n) is 6.19. The van der Waals surface area contributed by atoms with Crippen molar-refractivity contribution >= 4 is 21.6 Å².